The Bertz CT molecular complexity index is 952. The molecule has 4 aromatic rings. The number of imidazole rings is 1. The van der Waals surface area contributed by atoms with E-state index in [2.05, 4.69) is 19.9 Å². The van der Waals surface area contributed by atoms with Gasteiger partial charge in [0.05, 0.1) is 27.9 Å². The Morgan fingerprint density at radius 3 is 1.71 bits per heavy atom. The fraction of sp³-hybridized carbons (Fsp3) is 0. The smallest absolute Gasteiger partial charge is 0.442 e. The van der Waals surface area contributed by atoms with E-state index >= 15 is 0 Å². The predicted molar refractivity (Wildman–Crippen MR) is 97.6 cm³/mol. The Balaban J connectivity index is 0.000000515. The van der Waals surface area contributed by atoms with Gasteiger partial charge in [-0.05, 0) is 42.0 Å². The minimum atomic E-state index is -1.75. The summed E-state index contributed by atoms with van der Waals surface area (Å²) >= 11 is 0. The molecule has 0 aliphatic heterocycles. The summed E-state index contributed by atoms with van der Waals surface area (Å²) in [6.45, 7) is 0. The first-order chi connectivity index (χ1) is 13.1. The van der Waals surface area contributed by atoms with Crippen LogP contribution < -0.4 is 4.98 Å². The summed E-state index contributed by atoms with van der Waals surface area (Å²) in [6, 6.07) is 15.4. The minimum Gasteiger partial charge on any atom is -0.442 e. The average Bonchev–Trinajstić information content (AvgIpc) is 3.24. The van der Waals surface area contributed by atoms with Gasteiger partial charge in [-0.15, -0.1) is 0 Å². The van der Waals surface area contributed by atoms with Crippen molar-refractivity contribution in [2.45, 2.75) is 0 Å². The maximum absolute atomic E-state index is 8.25. The number of pyridine rings is 3. The van der Waals surface area contributed by atoms with Gasteiger partial charge in [0, 0.05) is 12.4 Å². The molecular weight excluding hydrogens is 412 g/mol. The number of hydrogen-bond acceptors (Lipinski definition) is 7. The molecule has 9 nitrogen and oxygen atoms in total. The van der Waals surface area contributed by atoms with Gasteiger partial charge in [0.2, 0.25) is 0 Å². The van der Waals surface area contributed by atoms with Crippen molar-refractivity contribution >= 4 is 0 Å². The van der Waals surface area contributed by atoms with Crippen LogP contribution in [0.15, 0.2) is 73.3 Å². The summed E-state index contributed by atoms with van der Waals surface area (Å²) in [6.07, 6.45) is 6.86. The van der Waals surface area contributed by atoms with E-state index in [1.54, 1.807) is 24.8 Å². The quantitative estimate of drug-likeness (QED) is 0.279. The van der Waals surface area contributed by atoms with Crippen molar-refractivity contribution in [3.05, 3.63) is 88.6 Å². The largest absolute Gasteiger partial charge is 2.00 e. The normalized spacial score (nSPS) is 9.57. The summed E-state index contributed by atoms with van der Waals surface area (Å²) in [5.41, 5.74) is 4.05. The van der Waals surface area contributed by atoms with Crippen molar-refractivity contribution in [2.24, 2.45) is 0 Å². The number of rotatable bonds is 3. The second kappa shape index (κ2) is 9.91. The Hall–Kier alpha value is -3.62. The van der Waals surface area contributed by atoms with Crippen LogP contribution in [-0.2, 0) is 17.1 Å². The molecule has 143 valence electrons. The van der Waals surface area contributed by atoms with Crippen molar-refractivity contribution in [3.63, 3.8) is 0 Å². The molecule has 28 heavy (non-hydrogen) atoms. The third-order valence-electron chi connectivity index (χ3n) is 3.40. The fourth-order valence-corrected chi connectivity index (χ4v) is 2.34. The summed E-state index contributed by atoms with van der Waals surface area (Å²) < 4.78 is 0. The number of hydrogen-bond donors (Lipinski definition) is 0. The van der Waals surface area contributed by atoms with Gasteiger partial charge in [-0.1, -0.05) is 30.4 Å². The molecule has 0 saturated heterocycles. The van der Waals surface area contributed by atoms with Crippen LogP contribution in [0.4, 0.5) is 0 Å². The zero-order valence-corrected chi connectivity index (χ0v) is 15.1. The van der Waals surface area contributed by atoms with E-state index in [0.717, 1.165) is 28.3 Å². The Morgan fingerprint density at radius 2 is 1.32 bits per heavy atom. The van der Waals surface area contributed by atoms with Crippen molar-refractivity contribution in [2.75, 3.05) is 0 Å². The minimum absolute atomic E-state index is 0. The second-order valence-corrected chi connectivity index (χ2v) is 5.16. The average molecular weight is 424 g/mol. The molecule has 4 aromatic heterocycles. The zero-order valence-electron chi connectivity index (χ0n) is 14.1. The van der Waals surface area contributed by atoms with Gasteiger partial charge in [-0.2, -0.15) is 0 Å². The molecule has 0 aromatic carbocycles. The van der Waals surface area contributed by atoms with E-state index in [1.165, 1.54) is 0 Å². The van der Waals surface area contributed by atoms with E-state index in [1.807, 2.05) is 48.5 Å². The summed E-state index contributed by atoms with van der Waals surface area (Å²) in [5.74, 6) is 0.668. The van der Waals surface area contributed by atoms with E-state index in [0.29, 0.717) is 5.82 Å². The fourth-order valence-electron chi connectivity index (χ4n) is 2.34. The van der Waals surface area contributed by atoms with Crippen LogP contribution in [0.25, 0.3) is 34.2 Å². The molecule has 4 rings (SSSR count). The van der Waals surface area contributed by atoms with Crippen LogP contribution in [0, 0.1) is 15.3 Å². The molecule has 1 radical (unpaired) electrons. The SMILES string of the molecule is O=[N+]([O-])[O-].[Cu+2].c1ccc(-c2cc(-c3ncc[n-]3)cc(-c3ccccn3)n2)nc1. The van der Waals surface area contributed by atoms with E-state index < -0.39 is 5.09 Å². The second-order valence-electron chi connectivity index (χ2n) is 5.16. The van der Waals surface area contributed by atoms with E-state index in [4.69, 9.17) is 20.3 Å². The summed E-state index contributed by atoms with van der Waals surface area (Å²) in [4.78, 5) is 30.3. The molecular formula is C18H12CuN6O3. The van der Waals surface area contributed by atoms with Crippen LogP contribution >= 0.6 is 0 Å². The molecule has 0 aliphatic carbocycles. The predicted octanol–water partition coefficient (Wildman–Crippen LogP) is 2.98. The molecule has 0 bridgehead atoms. The van der Waals surface area contributed by atoms with Gasteiger partial charge < -0.3 is 25.3 Å². The maximum atomic E-state index is 8.25. The monoisotopic (exact) mass is 423 g/mol. The van der Waals surface area contributed by atoms with Crippen LogP contribution in [0.5, 0.6) is 0 Å². The van der Waals surface area contributed by atoms with Crippen molar-refractivity contribution in [1.29, 1.82) is 0 Å². The third kappa shape index (κ3) is 5.44. The van der Waals surface area contributed by atoms with Crippen LogP contribution in [0.3, 0.4) is 0 Å². The molecule has 0 unspecified atom stereocenters. The molecule has 4 heterocycles. The van der Waals surface area contributed by atoms with Crippen LogP contribution in [0.2, 0.25) is 0 Å². The van der Waals surface area contributed by atoms with Crippen LogP contribution in [-0.4, -0.2) is 25.0 Å². The first-order valence-electron chi connectivity index (χ1n) is 7.74. The molecule has 0 N–H and O–H groups in total. The zero-order chi connectivity index (χ0) is 19.1. The van der Waals surface area contributed by atoms with Crippen molar-refractivity contribution in [3.8, 4) is 34.2 Å². The van der Waals surface area contributed by atoms with Gasteiger partial charge in [-0.25, -0.2) is 4.98 Å². The first-order valence-corrected chi connectivity index (χ1v) is 7.74. The Labute approximate surface area is 170 Å². The van der Waals surface area contributed by atoms with Crippen LogP contribution in [0.1, 0.15) is 0 Å². The standard InChI is InChI=1S/C18H12N5.Cu.NO3/c1-3-7-19-14(5-1)16-11-13(18-21-9-10-22-18)12-17(23-16)15-6-2-4-8-20-15;;2-1(3)4/h1-12H;;/q-1;+2;-1. The molecule has 0 aliphatic rings. The van der Waals surface area contributed by atoms with Crippen molar-refractivity contribution < 1.29 is 22.2 Å². The number of nitrogens with zero attached hydrogens (tertiary/aromatic N) is 6. The first kappa shape index (κ1) is 20.7. The summed E-state index contributed by atoms with van der Waals surface area (Å²) in [7, 11) is 0. The van der Waals surface area contributed by atoms with E-state index in [-0.39, 0.29) is 17.1 Å². The van der Waals surface area contributed by atoms with Gasteiger partial charge in [0.15, 0.2) is 0 Å². The number of aromatic nitrogens is 5. The molecule has 10 heteroatoms. The van der Waals surface area contributed by atoms with Gasteiger partial charge in [0.1, 0.15) is 0 Å². The molecule has 0 spiro atoms. The van der Waals surface area contributed by atoms with Crippen molar-refractivity contribution in [1.82, 2.24) is 24.9 Å². The molecule has 0 saturated carbocycles. The molecule has 0 atom stereocenters. The Kier molecular flexibility index (Phi) is 7.32. The molecule has 0 amide bonds. The molecule has 0 fully saturated rings. The Morgan fingerprint density at radius 1 is 0.786 bits per heavy atom. The third-order valence-corrected chi connectivity index (χ3v) is 3.40. The van der Waals surface area contributed by atoms with Gasteiger partial charge in [0.25, 0.3) is 0 Å². The van der Waals surface area contributed by atoms with E-state index in [9.17, 15) is 0 Å². The summed E-state index contributed by atoms with van der Waals surface area (Å²) in [5, 5.41) is 14.8. The van der Waals surface area contributed by atoms with Gasteiger partial charge in [-0.3, -0.25) is 9.97 Å². The maximum Gasteiger partial charge on any atom is 2.00 e. The van der Waals surface area contributed by atoms with Gasteiger partial charge >= 0.3 is 17.1 Å². The topological polar surface area (TPSA) is 132 Å².